The van der Waals surface area contributed by atoms with Gasteiger partial charge in [-0.25, -0.2) is 0 Å². The molecule has 2 N–H and O–H groups in total. The molecule has 120 valence electrons. The number of β-lactam (4-membered cyclic amide) rings is 1. The van der Waals surface area contributed by atoms with Crippen LogP contribution in [0.4, 0.5) is 0 Å². The van der Waals surface area contributed by atoms with E-state index in [-0.39, 0.29) is 24.4 Å². The van der Waals surface area contributed by atoms with Crippen LogP contribution in [-0.4, -0.2) is 55.9 Å². The average molecular weight is 307 g/mol. The highest BCUT2D eigenvalue weighted by Crippen LogP contribution is 2.42. The Morgan fingerprint density at radius 1 is 1.64 bits per heavy atom. The first-order valence-corrected chi connectivity index (χ1v) is 7.63. The smallest absolute Gasteiger partial charge is 0.250 e. The summed E-state index contributed by atoms with van der Waals surface area (Å²) in [6.07, 6.45) is 3.39. The Labute approximate surface area is 128 Å². The molecule has 0 radical (unpaired) electrons. The van der Waals surface area contributed by atoms with Crippen LogP contribution in [0.25, 0.3) is 0 Å². The van der Waals surface area contributed by atoms with Crippen molar-refractivity contribution >= 4 is 11.8 Å². The van der Waals surface area contributed by atoms with E-state index >= 15 is 0 Å². The number of aromatic nitrogens is 2. The number of carbonyl (C=O) groups excluding carboxylic acids is 2. The molecule has 1 spiro atoms. The first-order chi connectivity index (χ1) is 10.5. The van der Waals surface area contributed by atoms with Crippen molar-refractivity contribution in [2.45, 2.75) is 57.3 Å². The maximum atomic E-state index is 12.7. The van der Waals surface area contributed by atoms with Gasteiger partial charge in [-0.2, -0.15) is 4.98 Å². The lowest BCUT2D eigenvalue weighted by Gasteiger charge is -2.52. The van der Waals surface area contributed by atoms with Crippen molar-refractivity contribution in [3.05, 3.63) is 12.2 Å². The SMILES string of the molecule is CCC(N)C(=O)N1C(C)CCC12CN(Cc1ncno1)C2=O. The first-order valence-electron chi connectivity index (χ1n) is 7.63. The number of carbonyl (C=O) groups is 2. The van der Waals surface area contributed by atoms with Gasteiger partial charge in [0.15, 0.2) is 6.33 Å². The van der Waals surface area contributed by atoms with Gasteiger partial charge in [-0.15, -0.1) is 0 Å². The number of nitrogens with two attached hydrogens (primary N) is 1. The maximum absolute atomic E-state index is 12.7. The van der Waals surface area contributed by atoms with Crippen LogP contribution in [0.1, 0.15) is 39.0 Å². The molecule has 0 bridgehead atoms. The van der Waals surface area contributed by atoms with Gasteiger partial charge < -0.3 is 20.1 Å². The first kappa shape index (κ1) is 15.0. The van der Waals surface area contributed by atoms with Gasteiger partial charge in [-0.05, 0) is 26.2 Å². The third-order valence-corrected chi connectivity index (χ3v) is 4.74. The maximum Gasteiger partial charge on any atom is 0.250 e. The van der Waals surface area contributed by atoms with E-state index in [9.17, 15) is 9.59 Å². The summed E-state index contributed by atoms with van der Waals surface area (Å²) in [5.74, 6) is 0.224. The van der Waals surface area contributed by atoms with Crippen LogP contribution in [0, 0.1) is 0 Å². The molecule has 2 saturated heterocycles. The molecule has 2 amide bonds. The highest BCUT2D eigenvalue weighted by atomic mass is 16.5. The van der Waals surface area contributed by atoms with Crippen molar-refractivity contribution in [1.29, 1.82) is 0 Å². The van der Waals surface area contributed by atoms with E-state index in [1.165, 1.54) is 6.33 Å². The lowest BCUT2D eigenvalue weighted by atomic mass is 9.85. The molecule has 8 heteroatoms. The van der Waals surface area contributed by atoms with Crippen molar-refractivity contribution in [1.82, 2.24) is 19.9 Å². The molecule has 1 aromatic heterocycles. The number of hydrogen-bond acceptors (Lipinski definition) is 6. The van der Waals surface area contributed by atoms with Crippen molar-refractivity contribution in [3.8, 4) is 0 Å². The number of rotatable bonds is 4. The predicted octanol–water partition coefficient (Wildman–Crippen LogP) is -0.101. The number of hydrogen-bond donors (Lipinski definition) is 1. The second-order valence-corrected chi connectivity index (χ2v) is 6.14. The standard InChI is InChI=1S/C14H21N5O3/c1-3-10(15)12(20)19-9(2)4-5-14(19)7-18(13(14)21)6-11-16-8-17-22-11/h8-10H,3-7,15H2,1-2H3. The van der Waals surface area contributed by atoms with Crippen LogP contribution >= 0.6 is 0 Å². The molecular weight excluding hydrogens is 286 g/mol. The summed E-state index contributed by atoms with van der Waals surface area (Å²) in [6.45, 7) is 4.64. The minimum Gasteiger partial charge on any atom is -0.338 e. The molecule has 0 aromatic carbocycles. The molecule has 0 aliphatic carbocycles. The third-order valence-electron chi connectivity index (χ3n) is 4.74. The van der Waals surface area contributed by atoms with E-state index in [2.05, 4.69) is 10.1 Å². The van der Waals surface area contributed by atoms with Gasteiger partial charge in [0, 0.05) is 6.04 Å². The largest absolute Gasteiger partial charge is 0.338 e. The fourth-order valence-corrected chi connectivity index (χ4v) is 3.48. The van der Waals surface area contributed by atoms with Crippen LogP contribution in [0.2, 0.25) is 0 Å². The molecule has 0 saturated carbocycles. The van der Waals surface area contributed by atoms with Crippen LogP contribution < -0.4 is 5.73 Å². The number of likely N-dealkylation sites (tertiary alicyclic amines) is 2. The quantitative estimate of drug-likeness (QED) is 0.779. The van der Waals surface area contributed by atoms with Gasteiger partial charge in [0.1, 0.15) is 12.1 Å². The van der Waals surface area contributed by atoms with E-state index in [1.54, 1.807) is 9.80 Å². The molecular formula is C14H21N5O3. The normalized spacial score (nSPS) is 29.0. The van der Waals surface area contributed by atoms with Crippen LogP contribution in [0.3, 0.4) is 0 Å². The van der Waals surface area contributed by atoms with E-state index in [0.717, 1.165) is 6.42 Å². The summed E-state index contributed by atoms with van der Waals surface area (Å²) < 4.78 is 4.93. The molecule has 2 fully saturated rings. The zero-order chi connectivity index (χ0) is 15.9. The topological polar surface area (TPSA) is 106 Å². The van der Waals surface area contributed by atoms with Crippen LogP contribution in [-0.2, 0) is 16.1 Å². The van der Waals surface area contributed by atoms with Crippen molar-refractivity contribution in [2.24, 2.45) is 5.73 Å². The molecule has 2 aliphatic heterocycles. The lowest BCUT2D eigenvalue weighted by molar-refractivity contribution is -0.171. The molecule has 22 heavy (non-hydrogen) atoms. The van der Waals surface area contributed by atoms with Gasteiger partial charge >= 0.3 is 0 Å². The monoisotopic (exact) mass is 307 g/mol. The van der Waals surface area contributed by atoms with E-state index in [1.807, 2.05) is 13.8 Å². The average Bonchev–Trinajstić information content (AvgIpc) is 3.14. The van der Waals surface area contributed by atoms with Crippen LogP contribution in [0.15, 0.2) is 10.9 Å². The molecule has 3 unspecified atom stereocenters. The highest BCUT2D eigenvalue weighted by Gasteiger charge is 2.61. The Kier molecular flexibility index (Phi) is 3.64. The van der Waals surface area contributed by atoms with Gasteiger partial charge in [0.2, 0.25) is 11.8 Å². The van der Waals surface area contributed by atoms with Gasteiger partial charge in [-0.1, -0.05) is 12.1 Å². The fraction of sp³-hybridized carbons (Fsp3) is 0.714. The molecule has 1 aromatic rings. The second-order valence-electron chi connectivity index (χ2n) is 6.14. The summed E-state index contributed by atoms with van der Waals surface area (Å²) in [4.78, 5) is 32.5. The molecule has 3 rings (SSSR count). The van der Waals surface area contributed by atoms with Gasteiger partial charge in [0.05, 0.1) is 12.6 Å². The second kappa shape index (κ2) is 5.35. The Hall–Kier alpha value is -1.96. The fourth-order valence-electron chi connectivity index (χ4n) is 3.48. The van der Waals surface area contributed by atoms with Gasteiger partial charge in [-0.3, -0.25) is 9.59 Å². The molecule has 2 aliphatic rings. The summed E-state index contributed by atoms with van der Waals surface area (Å²) in [7, 11) is 0. The Bertz CT molecular complexity index is 575. The molecule has 3 atom stereocenters. The van der Waals surface area contributed by atoms with E-state index < -0.39 is 11.6 Å². The van der Waals surface area contributed by atoms with E-state index in [0.29, 0.717) is 25.3 Å². The summed E-state index contributed by atoms with van der Waals surface area (Å²) >= 11 is 0. The third kappa shape index (κ3) is 2.09. The summed E-state index contributed by atoms with van der Waals surface area (Å²) in [5, 5.41) is 3.53. The zero-order valence-corrected chi connectivity index (χ0v) is 12.9. The van der Waals surface area contributed by atoms with Crippen molar-refractivity contribution < 1.29 is 14.1 Å². The van der Waals surface area contributed by atoms with Crippen molar-refractivity contribution in [3.63, 3.8) is 0 Å². The Morgan fingerprint density at radius 3 is 3.00 bits per heavy atom. The van der Waals surface area contributed by atoms with E-state index in [4.69, 9.17) is 10.3 Å². The molecule has 8 nitrogen and oxygen atoms in total. The minimum absolute atomic E-state index is 0.0413. The van der Waals surface area contributed by atoms with Gasteiger partial charge in [0.25, 0.3) is 5.91 Å². The summed E-state index contributed by atoms with van der Waals surface area (Å²) in [5.41, 5.74) is 5.18. The Morgan fingerprint density at radius 2 is 2.41 bits per heavy atom. The number of amides is 2. The van der Waals surface area contributed by atoms with Crippen LogP contribution in [0.5, 0.6) is 0 Å². The minimum atomic E-state index is -0.719. The molecule has 3 heterocycles. The van der Waals surface area contributed by atoms with Crippen molar-refractivity contribution in [2.75, 3.05) is 6.54 Å². The highest BCUT2D eigenvalue weighted by molar-refractivity contribution is 5.98. The zero-order valence-electron chi connectivity index (χ0n) is 12.9. The Balaban J connectivity index is 1.75. The lowest BCUT2D eigenvalue weighted by Crippen LogP contribution is -2.74. The summed E-state index contributed by atoms with van der Waals surface area (Å²) in [6, 6.07) is -0.505. The predicted molar refractivity (Wildman–Crippen MR) is 76.3 cm³/mol. The number of nitrogens with zero attached hydrogens (tertiary/aromatic N) is 4.